The Morgan fingerprint density at radius 1 is 0.816 bits per heavy atom. The molecule has 5 aromatic rings. The highest BCUT2D eigenvalue weighted by Gasteiger charge is 2.33. The first-order chi connectivity index (χ1) is 23.8. The van der Waals surface area contributed by atoms with Gasteiger partial charge in [-0.2, -0.15) is 0 Å². The van der Waals surface area contributed by atoms with Gasteiger partial charge in [-0.1, -0.05) is 97.1 Å². The summed E-state index contributed by atoms with van der Waals surface area (Å²) in [5.41, 5.74) is 7.08. The minimum absolute atomic E-state index is 0.0238. The number of hydrogen-bond acceptors (Lipinski definition) is 7. The van der Waals surface area contributed by atoms with Gasteiger partial charge in [-0.05, 0) is 70.8 Å². The molecule has 1 aliphatic heterocycles. The van der Waals surface area contributed by atoms with E-state index in [1.54, 1.807) is 36.4 Å². The smallest absolute Gasteiger partial charge is 0.251 e. The number of benzene rings is 5. The molecule has 49 heavy (non-hydrogen) atoms. The summed E-state index contributed by atoms with van der Waals surface area (Å²) in [7, 11) is 1.95. The number of nitrogens with one attached hydrogen (secondary N) is 1. The fourth-order valence-electron chi connectivity index (χ4n) is 6.16. The third-order valence-corrected chi connectivity index (χ3v) is 8.80. The lowest BCUT2D eigenvalue weighted by atomic mass is 9.98. The summed E-state index contributed by atoms with van der Waals surface area (Å²) in [5, 5.41) is 33.2. The van der Waals surface area contributed by atoms with Crippen molar-refractivity contribution < 1.29 is 29.6 Å². The standard InChI is InChI=1S/C41H42N2O6/c1-43(26-38(46)35-11-6-12-36(45)22-35)25-37-23-39(31-15-13-28(27-44)14-16-31)49-41(48-37)33-19-17-30(18-20-33)34-10-5-7-29(21-34)24-42-40(47)32-8-3-2-4-9-32/h2-22,37-39,41,44-46H,23-27H2,1H3,(H,42,47). The largest absolute Gasteiger partial charge is 0.508 e. The number of hydrogen-bond donors (Lipinski definition) is 4. The average molecular weight is 659 g/mol. The van der Waals surface area contributed by atoms with Crippen molar-refractivity contribution in [2.45, 2.75) is 44.2 Å². The van der Waals surface area contributed by atoms with E-state index in [-0.39, 0.29) is 30.5 Å². The highest BCUT2D eigenvalue weighted by atomic mass is 16.7. The molecule has 1 heterocycles. The Kier molecular flexibility index (Phi) is 11.1. The molecule has 252 valence electrons. The van der Waals surface area contributed by atoms with Crippen molar-refractivity contribution in [2.24, 2.45) is 0 Å². The van der Waals surface area contributed by atoms with Crippen LogP contribution in [0.2, 0.25) is 0 Å². The Morgan fingerprint density at radius 3 is 2.29 bits per heavy atom. The summed E-state index contributed by atoms with van der Waals surface area (Å²) >= 11 is 0. The van der Waals surface area contributed by atoms with E-state index >= 15 is 0 Å². The monoisotopic (exact) mass is 658 g/mol. The predicted octanol–water partition coefficient (Wildman–Crippen LogP) is 6.69. The van der Waals surface area contributed by atoms with Crippen molar-refractivity contribution in [3.8, 4) is 16.9 Å². The first-order valence-electron chi connectivity index (χ1n) is 16.5. The molecule has 0 bridgehead atoms. The molecule has 8 nitrogen and oxygen atoms in total. The van der Waals surface area contributed by atoms with E-state index in [9.17, 15) is 20.1 Å². The Balaban J connectivity index is 1.15. The van der Waals surface area contributed by atoms with E-state index < -0.39 is 12.4 Å². The summed E-state index contributed by atoms with van der Waals surface area (Å²) < 4.78 is 13.1. The van der Waals surface area contributed by atoms with Crippen molar-refractivity contribution >= 4 is 5.91 Å². The number of aliphatic hydroxyl groups excluding tert-OH is 2. The molecular weight excluding hydrogens is 616 g/mol. The number of aliphatic hydroxyl groups is 2. The minimum Gasteiger partial charge on any atom is -0.508 e. The van der Waals surface area contributed by atoms with Gasteiger partial charge in [0.1, 0.15) is 5.75 Å². The molecule has 0 aromatic heterocycles. The van der Waals surface area contributed by atoms with Crippen molar-refractivity contribution in [3.05, 3.63) is 161 Å². The Labute approximate surface area is 287 Å². The Hall–Kier alpha value is -4.83. The summed E-state index contributed by atoms with van der Waals surface area (Å²) in [4.78, 5) is 14.6. The maximum absolute atomic E-state index is 12.5. The summed E-state index contributed by atoms with van der Waals surface area (Å²) in [6.45, 7) is 1.33. The van der Waals surface area contributed by atoms with Crippen molar-refractivity contribution in [1.82, 2.24) is 10.2 Å². The third-order valence-electron chi connectivity index (χ3n) is 8.80. The van der Waals surface area contributed by atoms with Crippen LogP contribution in [0.15, 0.2) is 127 Å². The molecule has 4 N–H and O–H groups in total. The number of phenols is 1. The lowest BCUT2D eigenvalue weighted by Crippen LogP contribution is -2.39. The van der Waals surface area contributed by atoms with Crippen LogP contribution in [0.4, 0.5) is 0 Å². The number of likely N-dealkylation sites (N-methyl/N-ethyl adjacent to an activating group) is 1. The van der Waals surface area contributed by atoms with Crippen molar-refractivity contribution in [3.63, 3.8) is 0 Å². The molecule has 0 spiro atoms. The number of rotatable bonds is 12. The molecule has 0 aliphatic carbocycles. The van der Waals surface area contributed by atoms with Gasteiger partial charge in [-0.25, -0.2) is 0 Å². The predicted molar refractivity (Wildman–Crippen MR) is 188 cm³/mol. The van der Waals surface area contributed by atoms with Crippen LogP contribution in [-0.2, 0) is 22.6 Å². The van der Waals surface area contributed by atoms with Crippen molar-refractivity contribution in [2.75, 3.05) is 20.1 Å². The van der Waals surface area contributed by atoms with Gasteiger partial charge in [0.2, 0.25) is 0 Å². The van der Waals surface area contributed by atoms with Gasteiger partial charge in [-0.3, -0.25) is 4.79 Å². The second-order valence-corrected chi connectivity index (χ2v) is 12.6. The van der Waals surface area contributed by atoms with Crippen LogP contribution < -0.4 is 5.32 Å². The number of carbonyl (C=O) groups excluding carboxylic acids is 1. The number of aromatic hydroxyl groups is 1. The van der Waals surface area contributed by atoms with Gasteiger partial charge in [0.25, 0.3) is 5.91 Å². The number of ether oxygens (including phenoxy) is 2. The zero-order valence-corrected chi connectivity index (χ0v) is 27.5. The molecule has 6 rings (SSSR count). The Morgan fingerprint density at radius 2 is 1.55 bits per heavy atom. The second kappa shape index (κ2) is 16.0. The summed E-state index contributed by atoms with van der Waals surface area (Å²) in [6.07, 6.45) is -1.18. The topological polar surface area (TPSA) is 111 Å². The first-order valence-corrected chi connectivity index (χ1v) is 16.5. The molecule has 4 unspecified atom stereocenters. The zero-order chi connectivity index (χ0) is 34.2. The van der Waals surface area contributed by atoms with Crippen LogP contribution >= 0.6 is 0 Å². The molecule has 1 saturated heterocycles. The fourth-order valence-corrected chi connectivity index (χ4v) is 6.16. The highest BCUT2D eigenvalue weighted by Crippen LogP contribution is 2.39. The van der Waals surface area contributed by atoms with Gasteiger partial charge < -0.3 is 35.0 Å². The van der Waals surface area contributed by atoms with Gasteiger partial charge in [0.15, 0.2) is 6.29 Å². The van der Waals surface area contributed by atoms with E-state index in [0.29, 0.717) is 37.2 Å². The molecule has 5 aromatic carbocycles. The normalized spacial score (nSPS) is 18.2. The van der Waals surface area contributed by atoms with Crippen LogP contribution in [0, 0.1) is 0 Å². The highest BCUT2D eigenvalue weighted by molar-refractivity contribution is 5.94. The molecule has 0 radical (unpaired) electrons. The van der Waals surface area contributed by atoms with E-state index in [1.165, 1.54) is 0 Å². The van der Waals surface area contributed by atoms with Crippen LogP contribution in [-0.4, -0.2) is 52.4 Å². The van der Waals surface area contributed by atoms with Crippen LogP contribution in [0.25, 0.3) is 11.1 Å². The average Bonchev–Trinajstić information content (AvgIpc) is 3.14. The fraction of sp³-hybridized carbons (Fsp3) is 0.244. The summed E-state index contributed by atoms with van der Waals surface area (Å²) in [5.74, 6) is 0.0126. The summed E-state index contributed by atoms with van der Waals surface area (Å²) in [6, 6.07) is 39.9. The number of amides is 1. The van der Waals surface area contributed by atoms with Gasteiger partial charge in [-0.15, -0.1) is 0 Å². The van der Waals surface area contributed by atoms with E-state index in [2.05, 4.69) is 23.5 Å². The number of carbonyl (C=O) groups is 1. The molecular formula is C41H42N2O6. The lowest BCUT2D eigenvalue weighted by Gasteiger charge is -2.38. The third kappa shape index (κ3) is 9.00. The minimum atomic E-state index is -0.763. The van der Waals surface area contributed by atoms with Crippen molar-refractivity contribution in [1.29, 1.82) is 0 Å². The van der Waals surface area contributed by atoms with Gasteiger partial charge in [0, 0.05) is 37.2 Å². The maximum Gasteiger partial charge on any atom is 0.251 e. The molecule has 1 amide bonds. The lowest BCUT2D eigenvalue weighted by molar-refractivity contribution is -0.252. The first kappa shape index (κ1) is 34.0. The van der Waals surface area contributed by atoms with Crippen LogP contribution in [0.5, 0.6) is 5.75 Å². The zero-order valence-electron chi connectivity index (χ0n) is 27.5. The molecule has 4 atom stereocenters. The van der Waals surface area contributed by atoms with E-state index in [1.807, 2.05) is 84.7 Å². The van der Waals surface area contributed by atoms with Crippen LogP contribution in [0.3, 0.4) is 0 Å². The number of nitrogens with zero attached hydrogens (tertiary/aromatic N) is 1. The number of phenolic OH excluding ortho intramolecular Hbond substituents is 1. The van der Waals surface area contributed by atoms with Gasteiger partial charge in [0.05, 0.1) is 24.9 Å². The maximum atomic E-state index is 12.5. The molecule has 1 aliphatic rings. The van der Waals surface area contributed by atoms with Crippen LogP contribution in [0.1, 0.15) is 63.1 Å². The second-order valence-electron chi connectivity index (χ2n) is 12.6. The molecule has 8 heteroatoms. The Bertz CT molecular complexity index is 1810. The van der Waals surface area contributed by atoms with E-state index in [4.69, 9.17) is 9.47 Å². The van der Waals surface area contributed by atoms with Gasteiger partial charge >= 0.3 is 0 Å². The quantitative estimate of drug-likeness (QED) is 0.118. The SMILES string of the molecule is CN(CC1CC(c2ccc(CO)cc2)OC(c2ccc(-c3cccc(CNC(=O)c4ccccc4)c3)cc2)O1)CC(O)c1cccc(O)c1. The molecule has 0 saturated carbocycles. The molecule has 1 fully saturated rings. The van der Waals surface area contributed by atoms with E-state index in [0.717, 1.165) is 33.4 Å².